The van der Waals surface area contributed by atoms with Gasteiger partial charge in [0, 0.05) is 35.7 Å². The third-order valence-electron chi connectivity index (χ3n) is 5.71. The Bertz CT molecular complexity index is 1500. The molecule has 0 fully saturated rings. The van der Waals surface area contributed by atoms with Gasteiger partial charge in [-0.1, -0.05) is 24.3 Å². The molecule has 170 valence electrons. The van der Waals surface area contributed by atoms with E-state index in [1.807, 2.05) is 84.4 Å². The number of anilines is 1. The zero-order chi connectivity index (χ0) is 23.7. The molecule has 7 nitrogen and oxygen atoms in total. The number of pyridine rings is 1. The Morgan fingerprint density at radius 1 is 1.00 bits per heavy atom. The summed E-state index contributed by atoms with van der Waals surface area (Å²) in [4.78, 5) is 31.6. The number of rotatable bonds is 6. The lowest BCUT2D eigenvalue weighted by Gasteiger charge is -2.07. The van der Waals surface area contributed by atoms with E-state index in [2.05, 4.69) is 10.3 Å². The molecule has 0 radical (unpaired) electrons. The van der Waals surface area contributed by atoms with Crippen molar-refractivity contribution in [1.29, 1.82) is 0 Å². The summed E-state index contributed by atoms with van der Waals surface area (Å²) in [6, 6.07) is 22.6. The predicted molar refractivity (Wildman–Crippen MR) is 135 cm³/mol. The molecule has 3 aromatic heterocycles. The normalized spacial score (nSPS) is 11.1. The van der Waals surface area contributed by atoms with Crippen molar-refractivity contribution in [2.75, 3.05) is 5.32 Å². The first-order valence-electron chi connectivity index (χ1n) is 10.8. The smallest absolute Gasteiger partial charge is 0.295 e. The van der Waals surface area contributed by atoms with E-state index in [4.69, 9.17) is 0 Å². The van der Waals surface area contributed by atoms with Crippen LogP contribution in [0.3, 0.4) is 0 Å². The number of imidazole rings is 1. The van der Waals surface area contributed by atoms with Crippen LogP contribution < -0.4 is 10.9 Å². The van der Waals surface area contributed by atoms with Gasteiger partial charge in [-0.3, -0.25) is 14.3 Å². The van der Waals surface area contributed by atoms with E-state index in [9.17, 15) is 9.59 Å². The van der Waals surface area contributed by atoms with Crippen molar-refractivity contribution in [3.05, 3.63) is 112 Å². The standard InChI is InChI=1S/C26H23N5O2S/c1-18-24(26(33)31(29(18)2)21-8-4-3-5-9-21)28-25(32)19-11-13-22(14-12-19)34-17-20-16-30-15-7-6-10-23(30)27-20/h3-16H,17H2,1-2H3,(H,28,32). The van der Waals surface area contributed by atoms with Crippen molar-refractivity contribution in [2.45, 2.75) is 17.6 Å². The molecule has 3 heterocycles. The number of nitrogens with zero attached hydrogens (tertiary/aromatic N) is 4. The number of hydrogen-bond acceptors (Lipinski definition) is 4. The number of benzene rings is 2. The topological polar surface area (TPSA) is 73.3 Å². The van der Waals surface area contributed by atoms with Crippen molar-refractivity contribution in [2.24, 2.45) is 7.05 Å². The highest BCUT2D eigenvalue weighted by Gasteiger charge is 2.18. The third kappa shape index (κ3) is 4.15. The average Bonchev–Trinajstić information content (AvgIpc) is 3.37. The fourth-order valence-corrected chi connectivity index (χ4v) is 4.60. The molecule has 0 unspecified atom stereocenters. The lowest BCUT2D eigenvalue weighted by Crippen LogP contribution is -2.22. The largest absolute Gasteiger partial charge is 0.316 e. The van der Waals surface area contributed by atoms with E-state index < -0.39 is 0 Å². The van der Waals surface area contributed by atoms with E-state index >= 15 is 0 Å². The van der Waals surface area contributed by atoms with Gasteiger partial charge in [0.2, 0.25) is 0 Å². The minimum absolute atomic E-state index is 0.265. The highest BCUT2D eigenvalue weighted by Crippen LogP contribution is 2.23. The zero-order valence-corrected chi connectivity index (χ0v) is 19.6. The van der Waals surface area contributed by atoms with Crippen LogP contribution in [0.15, 0.2) is 94.9 Å². The second kappa shape index (κ2) is 9.07. The van der Waals surface area contributed by atoms with E-state index in [1.54, 1.807) is 40.3 Å². The zero-order valence-electron chi connectivity index (χ0n) is 18.8. The molecule has 0 bridgehead atoms. The molecule has 0 aliphatic heterocycles. The molecule has 0 saturated heterocycles. The summed E-state index contributed by atoms with van der Waals surface area (Å²) in [5.41, 5.74) is 3.85. The van der Waals surface area contributed by atoms with Crippen molar-refractivity contribution in [3.63, 3.8) is 0 Å². The van der Waals surface area contributed by atoms with Gasteiger partial charge in [0.1, 0.15) is 11.3 Å². The van der Waals surface area contributed by atoms with E-state index in [1.165, 1.54) is 0 Å². The minimum Gasteiger partial charge on any atom is -0.316 e. The molecule has 0 aliphatic rings. The first-order chi connectivity index (χ1) is 16.5. The van der Waals surface area contributed by atoms with Gasteiger partial charge in [0.15, 0.2) is 0 Å². The van der Waals surface area contributed by atoms with Crippen LogP contribution in [0.25, 0.3) is 11.3 Å². The van der Waals surface area contributed by atoms with E-state index in [0.717, 1.165) is 27.7 Å². The van der Waals surface area contributed by atoms with Crippen molar-refractivity contribution in [3.8, 4) is 5.69 Å². The molecule has 5 aromatic rings. The van der Waals surface area contributed by atoms with Gasteiger partial charge >= 0.3 is 0 Å². The van der Waals surface area contributed by atoms with Crippen LogP contribution in [0.2, 0.25) is 0 Å². The number of hydrogen-bond donors (Lipinski definition) is 1. The Balaban J connectivity index is 1.29. The summed E-state index contributed by atoms with van der Waals surface area (Å²) < 4.78 is 5.29. The summed E-state index contributed by atoms with van der Waals surface area (Å²) in [6.45, 7) is 1.82. The fourth-order valence-electron chi connectivity index (χ4n) is 3.81. The number of para-hydroxylation sites is 1. The molecule has 0 saturated carbocycles. The Hall–Kier alpha value is -4.04. The van der Waals surface area contributed by atoms with Crippen molar-refractivity contribution in [1.82, 2.24) is 18.7 Å². The molecule has 34 heavy (non-hydrogen) atoms. The van der Waals surface area contributed by atoms with Gasteiger partial charge in [0.25, 0.3) is 11.5 Å². The average molecular weight is 470 g/mol. The van der Waals surface area contributed by atoms with Crippen molar-refractivity contribution >= 4 is 29.0 Å². The molecule has 0 aliphatic carbocycles. The molecule has 1 amide bonds. The van der Waals surface area contributed by atoms with Gasteiger partial charge < -0.3 is 9.72 Å². The number of thioether (sulfide) groups is 1. The lowest BCUT2D eigenvalue weighted by molar-refractivity contribution is 0.102. The van der Waals surface area contributed by atoms with Crippen LogP contribution in [-0.4, -0.2) is 24.7 Å². The van der Waals surface area contributed by atoms with Crippen LogP contribution >= 0.6 is 11.8 Å². The molecule has 5 rings (SSSR count). The van der Waals surface area contributed by atoms with Gasteiger partial charge in [-0.05, 0) is 55.5 Å². The minimum atomic E-state index is -0.317. The Morgan fingerprint density at radius 3 is 2.47 bits per heavy atom. The molecule has 0 atom stereocenters. The number of carbonyl (C=O) groups is 1. The Morgan fingerprint density at radius 2 is 1.74 bits per heavy atom. The summed E-state index contributed by atoms with van der Waals surface area (Å²) in [7, 11) is 1.80. The van der Waals surface area contributed by atoms with Crippen LogP contribution in [0.4, 0.5) is 5.69 Å². The maximum absolute atomic E-state index is 13.0. The highest BCUT2D eigenvalue weighted by molar-refractivity contribution is 7.98. The number of amides is 1. The van der Waals surface area contributed by atoms with Crippen LogP contribution in [-0.2, 0) is 12.8 Å². The Labute approximate surface area is 200 Å². The number of fused-ring (bicyclic) bond motifs is 1. The SMILES string of the molecule is Cc1c(NC(=O)c2ccc(SCc3cn4ccccc4n3)cc2)c(=O)n(-c2ccccc2)n1C. The quantitative estimate of drug-likeness (QED) is 0.367. The first-order valence-corrected chi connectivity index (χ1v) is 11.8. The van der Waals surface area contributed by atoms with Gasteiger partial charge in [0.05, 0.1) is 17.1 Å². The number of aromatic nitrogens is 4. The number of carbonyl (C=O) groups excluding carboxylic acids is 1. The lowest BCUT2D eigenvalue weighted by atomic mass is 10.2. The molecule has 2 aromatic carbocycles. The summed E-state index contributed by atoms with van der Waals surface area (Å²) in [6.07, 6.45) is 4.00. The second-order valence-electron chi connectivity index (χ2n) is 7.90. The molecular weight excluding hydrogens is 446 g/mol. The van der Waals surface area contributed by atoms with Crippen LogP contribution in [0, 0.1) is 6.92 Å². The highest BCUT2D eigenvalue weighted by atomic mass is 32.2. The fraction of sp³-hybridized carbons (Fsp3) is 0.115. The third-order valence-corrected chi connectivity index (χ3v) is 6.76. The van der Waals surface area contributed by atoms with Crippen LogP contribution in [0.1, 0.15) is 21.7 Å². The predicted octanol–water partition coefficient (Wildman–Crippen LogP) is 4.68. The summed E-state index contributed by atoms with van der Waals surface area (Å²) in [5, 5.41) is 2.81. The maximum atomic E-state index is 13.0. The number of nitrogens with one attached hydrogen (secondary N) is 1. The maximum Gasteiger partial charge on any atom is 0.295 e. The Kier molecular flexibility index (Phi) is 5.81. The first kappa shape index (κ1) is 21.8. The van der Waals surface area contributed by atoms with Crippen molar-refractivity contribution < 1.29 is 4.79 Å². The summed E-state index contributed by atoms with van der Waals surface area (Å²) >= 11 is 1.66. The van der Waals surface area contributed by atoms with E-state index in [0.29, 0.717) is 11.3 Å². The van der Waals surface area contributed by atoms with Gasteiger partial charge in [-0.25, -0.2) is 9.67 Å². The van der Waals surface area contributed by atoms with Crippen LogP contribution in [0.5, 0.6) is 0 Å². The van der Waals surface area contributed by atoms with Gasteiger partial charge in [-0.15, -0.1) is 11.8 Å². The second-order valence-corrected chi connectivity index (χ2v) is 8.95. The monoisotopic (exact) mass is 469 g/mol. The van der Waals surface area contributed by atoms with Gasteiger partial charge in [-0.2, -0.15) is 0 Å². The summed E-state index contributed by atoms with van der Waals surface area (Å²) in [5.74, 6) is 0.415. The van der Waals surface area contributed by atoms with E-state index in [-0.39, 0.29) is 17.2 Å². The molecule has 0 spiro atoms. The molecule has 1 N–H and O–H groups in total. The molecule has 8 heteroatoms. The molecular formula is C26H23N5O2S.